The lowest BCUT2D eigenvalue weighted by Gasteiger charge is -2.08. The number of halogens is 1. The van der Waals surface area contributed by atoms with Crippen LogP contribution < -0.4 is 0 Å². The second-order valence-corrected chi connectivity index (χ2v) is 5.82. The Balaban J connectivity index is 1.87. The van der Waals surface area contributed by atoms with Gasteiger partial charge in [0.05, 0.1) is 11.2 Å². The lowest BCUT2D eigenvalue weighted by atomic mass is 10.1. The van der Waals surface area contributed by atoms with Crippen LogP contribution in [0, 0.1) is 0 Å². The van der Waals surface area contributed by atoms with E-state index in [0.29, 0.717) is 5.92 Å². The van der Waals surface area contributed by atoms with Gasteiger partial charge in [0.25, 0.3) is 0 Å². The number of hydrogen-bond acceptors (Lipinski definition) is 2. The zero-order valence-corrected chi connectivity index (χ0v) is 12.5. The third-order valence-corrected chi connectivity index (χ3v) is 4.35. The van der Waals surface area contributed by atoms with Crippen LogP contribution in [-0.4, -0.2) is 14.8 Å². The highest BCUT2D eigenvalue weighted by atomic mass is 79.9. The fourth-order valence-corrected chi connectivity index (χ4v) is 2.91. The van der Waals surface area contributed by atoms with E-state index in [9.17, 15) is 0 Å². The smallest absolute Gasteiger partial charge is 0.158 e. The van der Waals surface area contributed by atoms with Gasteiger partial charge >= 0.3 is 0 Å². The van der Waals surface area contributed by atoms with Crippen LogP contribution in [0.15, 0.2) is 42.6 Å². The topological polar surface area (TPSA) is 30.7 Å². The maximum absolute atomic E-state index is 4.78. The quantitative estimate of drug-likeness (QED) is 0.675. The third-order valence-electron chi connectivity index (χ3n) is 3.75. The first-order chi connectivity index (χ1) is 9.85. The molecule has 1 aliphatic rings. The molecule has 20 heavy (non-hydrogen) atoms. The van der Waals surface area contributed by atoms with E-state index in [0.717, 1.165) is 22.2 Å². The van der Waals surface area contributed by atoms with Gasteiger partial charge < -0.3 is 0 Å². The van der Waals surface area contributed by atoms with Gasteiger partial charge in [-0.1, -0.05) is 34.1 Å². The number of para-hydroxylation sites is 1. The van der Waals surface area contributed by atoms with Crippen LogP contribution >= 0.6 is 15.9 Å². The van der Waals surface area contributed by atoms with Crippen molar-refractivity contribution in [3.05, 3.63) is 53.9 Å². The standard InChI is InChI=1S/C16H14BrN3/c17-10-13-9-12-3-1-2-4-14(12)18-16(13)20-8-7-15(19-20)11-5-6-11/h1-4,7-9,11H,5-6,10H2. The first-order valence-corrected chi connectivity index (χ1v) is 7.98. The van der Waals surface area contributed by atoms with E-state index >= 15 is 0 Å². The monoisotopic (exact) mass is 327 g/mol. The van der Waals surface area contributed by atoms with Gasteiger partial charge in [-0.05, 0) is 31.0 Å². The Hall–Kier alpha value is -1.68. The van der Waals surface area contributed by atoms with Crippen molar-refractivity contribution in [1.82, 2.24) is 14.8 Å². The Bertz CT molecular complexity index is 774. The minimum Gasteiger partial charge on any atom is -0.228 e. The number of rotatable bonds is 3. The van der Waals surface area contributed by atoms with Crippen molar-refractivity contribution in [3.8, 4) is 5.82 Å². The normalized spacial score (nSPS) is 14.8. The van der Waals surface area contributed by atoms with Crippen molar-refractivity contribution in [2.75, 3.05) is 0 Å². The second-order valence-electron chi connectivity index (χ2n) is 5.26. The van der Waals surface area contributed by atoms with Gasteiger partial charge in [0.2, 0.25) is 0 Å². The van der Waals surface area contributed by atoms with Gasteiger partial charge in [0, 0.05) is 28.4 Å². The minimum absolute atomic E-state index is 0.670. The highest BCUT2D eigenvalue weighted by Gasteiger charge is 2.26. The largest absolute Gasteiger partial charge is 0.228 e. The summed E-state index contributed by atoms with van der Waals surface area (Å²) in [6.45, 7) is 0. The van der Waals surface area contributed by atoms with E-state index < -0.39 is 0 Å². The van der Waals surface area contributed by atoms with Gasteiger partial charge in [-0.3, -0.25) is 0 Å². The zero-order chi connectivity index (χ0) is 13.5. The van der Waals surface area contributed by atoms with Crippen molar-refractivity contribution in [1.29, 1.82) is 0 Å². The summed E-state index contributed by atoms with van der Waals surface area (Å²) in [5.74, 6) is 1.59. The van der Waals surface area contributed by atoms with Crippen LogP contribution in [0.1, 0.15) is 30.0 Å². The summed E-state index contributed by atoms with van der Waals surface area (Å²) >= 11 is 3.56. The molecule has 2 heterocycles. The maximum atomic E-state index is 4.78. The Kier molecular flexibility index (Phi) is 2.84. The number of hydrogen-bond donors (Lipinski definition) is 0. The van der Waals surface area contributed by atoms with Crippen molar-refractivity contribution < 1.29 is 0 Å². The van der Waals surface area contributed by atoms with Crippen molar-refractivity contribution in [2.45, 2.75) is 24.1 Å². The van der Waals surface area contributed by atoms with E-state index in [1.165, 1.54) is 23.9 Å². The average Bonchev–Trinajstić information content (AvgIpc) is 3.23. The minimum atomic E-state index is 0.670. The molecule has 3 aromatic rings. The molecule has 1 aromatic carbocycles. The molecule has 1 aliphatic carbocycles. The van der Waals surface area contributed by atoms with Gasteiger partial charge in [-0.25, -0.2) is 9.67 Å². The molecule has 4 rings (SSSR count). The van der Waals surface area contributed by atoms with E-state index in [-0.39, 0.29) is 0 Å². The molecule has 0 saturated heterocycles. The molecule has 1 saturated carbocycles. The van der Waals surface area contributed by atoms with Gasteiger partial charge in [-0.15, -0.1) is 0 Å². The zero-order valence-electron chi connectivity index (χ0n) is 11.0. The summed E-state index contributed by atoms with van der Waals surface area (Å²) < 4.78 is 1.91. The molecule has 0 amide bonds. The molecule has 0 aliphatic heterocycles. The molecule has 0 bridgehead atoms. The van der Waals surface area contributed by atoms with Crippen LogP contribution in [0.2, 0.25) is 0 Å². The van der Waals surface area contributed by atoms with E-state index in [4.69, 9.17) is 10.1 Å². The number of alkyl halides is 1. The van der Waals surface area contributed by atoms with E-state index in [1.54, 1.807) is 0 Å². The Morgan fingerprint density at radius 3 is 2.85 bits per heavy atom. The molecule has 100 valence electrons. The number of nitrogens with zero attached hydrogens (tertiary/aromatic N) is 3. The maximum Gasteiger partial charge on any atom is 0.158 e. The van der Waals surface area contributed by atoms with Crippen molar-refractivity contribution in [3.63, 3.8) is 0 Å². The first-order valence-electron chi connectivity index (χ1n) is 6.86. The summed E-state index contributed by atoms with van der Waals surface area (Å²) in [7, 11) is 0. The van der Waals surface area contributed by atoms with Crippen LogP contribution in [-0.2, 0) is 5.33 Å². The molecule has 1 fully saturated rings. The average molecular weight is 328 g/mol. The fourth-order valence-electron chi connectivity index (χ4n) is 2.50. The predicted octanol–water partition coefficient (Wildman–Crippen LogP) is 4.19. The number of benzene rings is 1. The number of pyridine rings is 1. The van der Waals surface area contributed by atoms with E-state index in [1.807, 2.05) is 29.1 Å². The molecule has 2 aromatic heterocycles. The van der Waals surface area contributed by atoms with Crippen LogP contribution in [0.25, 0.3) is 16.7 Å². The lowest BCUT2D eigenvalue weighted by molar-refractivity contribution is 0.810. The summed E-state index contributed by atoms with van der Waals surface area (Å²) in [4.78, 5) is 4.78. The molecular weight excluding hydrogens is 314 g/mol. The highest BCUT2D eigenvalue weighted by molar-refractivity contribution is 9.08. The second kappa shape index (κ2) is 4.70. The lowest BCUT2D eigenvalue weighted by Crippen LogP contribution is -2.03. The summed E-state index contributed by atoms with van der Waals surface area (Å²) in [5, 5.41) is 6.63. The molecule has 3 nitrogen and oxygen atoms in total. The molecule has 0 spiro atoms. The molecular formula is C16H14BrN3. The van der Waals surface area contributed by atoms with Crippen LogP contribution in [0.3, 0.4) is 0 Å². The third kappa shape index (κ3) is 2.04. The van der Waals surface area contributed by atoms with Crippen molar-refractivity contribution >= 4 is 26.8 Å². The van der Waals surface area contributed by atoms with Crippen LogP contribution in [0.5, 0.6) is 0 Å². The van der Waals surface area contributed by atoms with Gasteiger partial charge in [0.1, 0.15) is 0 Å². The Morgan fingerprint density at radius 1 is 1.20 bits per heavy atom. The Morgan fingerprint density at radius 2 is 2.05 bits per heavy atom. The Labute approximate surface area is 125 Å². The number of aromatic nitrogens is 3. The van der Waals surface area contributed by atoms with Gasteiger partial charge in [-0.2, -0.15) is 5.10 Å². The van der Waals surface area contributed by atoms with E-state index in [2.05, 4.69) is 34.1 Å². The predicted molar refractivity (Wildman–Crippen MR) is 83.5 cm³/mol. The summed E-state index contributed by atoms with van der Waals surface area (Å²) in [6, 6.07) is 12.5. The first kappa shape index (κ1) is 12.1. The van der Waals surface area contributed by atoms with Crippen LogP contribution in [0.4, 0.5) is 0 Å². The summed E-state index contributed by atoms with van der Waals surface area (Å²) in [6.07, 6.45) is 4.57. The fraction of sp³-hybridized carbons (Fsp3) is 0.250. The van der Waals surface area contributed by atoms with Crippen molar-refractivity contribution in [2.24, 2.45) is 0 Å². The summed E-state index contributed by atoms with van der Waals surface area (Å²) in [5.41, 5.74) is 3.37. The molecule has 0 radical (unpaired) electrons. The van der Waals surface area contributed by atoms with Gasteiger partial charge in [0.15, 0.2) is 5.82 Å². The SMILES string of the molecule is BrCc1cc2ccccc2nc1-n1ccc(C2CC2)n1. The number of fused-ring (bicyclic) bond motifs is 1. The highest BCUT2D eigenvalue weighted by Crippen LogP contribution is 2.39. The molecule has 0 N–H and O–H groups in total. The molecule has 0 unspecified atom stereocenters. The molecule has 4 heteroatoms. The molecule has 0 atom stereocenters.